The molecule has 0 spiro atoms. The number of rotatable bonds is 41. The van der Waals surface area contributed by atoms with Gasteiger partial charge < -0.3 is 14.2 Å². The molecule has 0 N–H and O–H groups in total. The average Bonchev–Trinajstić information content (AvgIpc) is 3.12. The zero-order valence-electron chi connectivity index (χ0n) is 35.3. The number of carbonyl (C=O) groups is 3. The fourth-order valence-corrected chi connectivity index (χ4v) is 6.80. The van der Waals surface area contributed by atoms with Gasteiger partial charge in [0.15, 0.2) is 6.10 Å². The van der Waals surface area contributed by atoms with Crippen molar-refractivity contribution in [3.63, 3.8) is 0 Å². The average molecular weight is 737 g/mol. The summed E-state index contributed by atoms with van der Waals surface area (Å²) in [7, 11) is 0. The smallest absolute Gasteiger partial charge is 0.306 e. The lowest BCUT2D eigenvalue weighted by Crippen LogP contribution is -2.30. The number of ether oxygens (including phenoxy) is 3. The van der Waals surface area contributed by atoms with Crippen LogP contribution in [-0.4, -0.2) is 37.2 Å². The van der Waals surface area contributed by atoms with Gasteiger partial charge in [-0.3, -0.25) is 14.4 Å². The zero-order valence-corrected chi connectivity index (χ0v) is 35.3. The first-order chi connectivity index (χ1) is 25.4. The summed E-state index contributed by atoms with van der Waals surface area (Å²) in [5.41, 5.74) is 0. The molecule has 0 unspecified atom stereocenters. The summed E-state index contributed by atoms with van der Waals surface area (Å²) in [4.78, 5) is 37.6. The number of hydrogen-bond donors (Lipinski definition) is 0. The quantitative estimate of drug-likeness (QED) is 0.0353. The second kappa shape index (κ2) is 40.6. The molecule has 1 atom stereocenters. The molecule has 0 fully saturated rings. The highest BCUT2D eigenvalue weighted by atomic mass is 16.6. The molecule has 0 saturated heterocycles. The first-order valence-electron chi connectivity index (χ1n) is 22.9. The minimum Gasteiger partial charge on any atom is -0.462 e. The molecule has 6 heteroatoms. The fraction of sp³-hybridized carbons (Fsp3) is 0.935. The predicted octanol–water partition coefficient (Wildman–Crippen LogP) is 14.3. The van der Waals surface area contributed by atoms with E-state index in [4.69, 9.17) is 14.2 Å². The number of unbranched alkanes of at least 4 members (excludes halogenated alkanes) is 28. The Morgan fingerprint density at radius 1 is 0.365 bits per heavy atom. The van der Waals surface area contributed by atoms with E-state index >= 15 is 0 Å². The Hall–Kier alpha value is -1.59. The van der Waals surface area contributed by atoms with Crippen LogP contribution in [-0.2, 0) is 28.6 Å². The largest absolute Gasteiger partial charge is 0.462 e. The van der Waals surface area contributed by atoms with Gasteiger partial charge in [0.05, 0.1) is 0 Å². The van der Waals surface area contributed by atoms with E-state index in [1.54, 1.807) is 0 Å². The Bertz CT molecular complexity index is 781. The van der Waals surface area contributed by atoms with Crippen LogP contribution in [0.5, 0.6) is 0 Å². The van der Waals surface area contributed by atoms with Gasteiger partial charge in [0.25, 0.3) is 0 Å². The Labute approximate surface area is 323 Å². The zero-order chi connectivity index (χ0) is 38.2. The van der Waals surface area contributed by atoms with E-state index in [-0.39, 0.29) is 31.1 Å². The van der Waals surface area contributed by atoms with Gasteiger partial charge in [0.2, 0.25) is 0 Å². The number of hydrogen-bond acceptors (Lipinski definition) is 6. The van der Waals surface area contributed by atoms with Gasteiger partial charge in [-0.15, -0.1) is 0 Å². The highest BCUT2D eigenvalue weighted by Crippen LogP contribution is 2.16. The van der Waals surface area contributed by atoms with Crippen LogP contribution < -0.4 is 0 Å². The molecule has 6 nitrogen and oxygen atoms in total. The second-order valence-corrected chi connectivity index (χ2v) is 16.2. The molecule has 0 heterocycles. The minimum absolute atomic E-state index is 0.0646. The van der Waals surface area contributed by atoms with Crippen LogP contribution in [0.1, 0.15) is 252 Å². The summed E-state index contributed by atoms with van der Waals surface area (Å²) in [5, 5.41) is 0. The fourth-order valence-electron chi connectivity index (χ4n) is 6.80. The van der Waals surface area contributed by atoms with E-state index in [0.717, 1.165) is 63.7 Å². The molecule has 0 aromatic carbocycles. The number of esters is 3. The lowest BCUT2D eigenvalue weighted by atomic mass is 10.0. The monoisotopic (exact) mass is 737 g/mol. The molecule has 0 radical (unpaired) electrons. The Kier molecular flexibility index (Phi) is 39.4. The molecule has 0 aliphatic carbocycles. The van der Waals surface area contributed by atoms with E-state index < -0.39 is 6.10 Å². The normalized spacial score (nSPS) is 11.9. The van der Waals surface area contributed by atoms with Crippen LogP contribution >= 0.6 is 0 Å². The van der Waals surface area contributed by atoms with Crippen molar-refractivity contribution in [2.45, 2.75) is 259 Å². The molecule has 0 saturated carbocycles. The van der Waals surface area contributed by atoms with E-state index in [9.17, 15) is 14.4 Å². The molecule has 0 amide bonds. The van der Waals surface area contributed by atoms with E-state index in [2.05, 4.69) is 27.7 Å². The molecular formula is C46H88O6. The van der Waals surface area contributed by atoms with E-state index in [1.807, 2.05) is 0 Å². The molecule has 0 aromatic heterocycles. The molecule has 0 aliphatic rings. The Balaban J connectivity index is 4.20. The van der Waals surface area contributed by atoms with Gasteiger partial charge in [-0.1, -0.05) is 214 Å². The predicted molar refractivity (Wildman–Crippen MR) is 220 cm³/mol. The van der Waals surface area contributed by atoms with Gasteiger partial charge in [-0.2, -0.15) is 0 Å². The lowest BCUT2D eigenvalue weighted by molar-refractivity contribution is -0.167. The summed E-state index contributed by atoms with van der Waals surface area (Å²) in [6.45, 7) is 8.93. The SMILES string of the molecule is CCCCCCCCCCCCCCCCCCC(=O)OC[C@@H](COC(=O)CCCCCCCCCCC(C)C)OC(=O)CCCCCCCCC. The maximum absolute atomic E-state index is 12.6. The first kappa shape index (κ1) is 50.4. The highest BCUT2D eigenvalue weighted by Gasteiger charge is 2.19. The van der Waals surface area contributed by atoms with Gasteiger partial charge >= 0.3 is 17.9 Å². The van der Waals surface area contributed by atoms with Crippen molar-refractivity contribution in [2.75, 3.05) is 13.2 Å². The van der Waals surface area contributed by atoms with Gasteiger partial charge in [0.1, 0.15) is 13.2 Å². The summed E-state index contributed by atoms with van der Waals surface area (Å²) >= 11 is 0. The van der Waals surface area contributed by atoms with Crippen LogP contribution in [0.15, 0.2) is 0 Å². The summed E-state index contributed by atoms with van der Waals surface area (Å²) in [6.07, 6.45) is 39.6. The van der Waals surface area contributed by atoms with Gasteiger partial charge in [-0.25, -0.2) is 0 Å². The third kappa shape index (κ3) is 39.6. The van der Waals surface area contributed by atoms with E-state index in [0.29, 0.717) is 19.3 Å². The second-order valence-electron chi connectivity index (χ2n) is 16.2. The molecule has 0 aliphatic heterocycles. The maximum atomic E-state index is 12.6. The molecule has 0 bridgehead atoms. The van der Waals surface area contributed by atoms with Gasteiger partial charge in [0, 0.05) is 19.3 Å². The number of carbonyl (C=O) groups excluding carboxylic acids is 3. The Morgan fingerprint density at radius 2 is 0.635 bits per heavy atom. The first-order valence-corrected chi connectivity index (χ1v) is 22.9. The minimum atomic E-state index is -0.758. The summed E-state index contributed by atoms with van der Waals surface area (Å²) in [6, 6.07) is 0. The topological polar surface area (TPSA) is 78.9 Å². The molecular weight excluding hydrogens is 649 g/mol. The van der Waals surface area contributed by atoms with Gasteiger partial charge in [-0.05, 0) is 25.2 Å². The molecule has 0 rings (SSSR count). The van der Waals surface area contributed by atoms with Crippen molar-refractivity contribution in [3.05, 3.63) is 0 Å². The lowest BCUT2D eigenvalue weighted by Gasteiger charge is -2.18. The highest BCUT2D eigenvalue weighted by molar-refractivity contribution is 5.71. The van der Waals surface area contributed by atoms with Crippen molar-refractivity contribution in [1.82, 2.24) is 0 Å². The maximum Gasteiger partial charge on any atom is 0.306 e. The third-order valence-electron chi connectivity index (χ3n) is 10.3. The van der Waals surface area contributed by atoms with Crippen LogP contribution in [0.4, 0.5) is 0 Å². The van der Waals surface area contributed by atoms with E-state index in [1.165, 1.54) is 148 Å². The van der Waals surface area contributed by atoms with Crippen molar-refractivity contribution in [3.8, 4) is 0 Å². The summed E-state index contributed by atoms with van der Waals surface area (Å²) in [5.74, 6) is -0.0656. The molecule has 0 aromatic rings. The van der Waals surface area contributed by atoms with Crippen molar-refractivity contribution in [1.29, 1.82) is 0 Å². The van der Waals surface area contributed by atoms with Crippen molar-refractivity contribution < 1.29 is 28.6 Å². The van der Waals surface area contributed by atoms with Crippen LogP contribution in [0.25, 0.3) is 0 Å². The summed E-state index contributed by atoms with van der Waals surface area (Å²) < 4.78 is 16.7. The Morgan fingerprint density at radius 3 is 0.942 bits per heavy atom. The van der Waals surface area contributed by atoms with Crippen molar-refractivity contribution in [2.24, 2.45) is 5.92 Å². The molecule has 52 heavy (non-hydrogen) atoms. The van der Waals surface area contributed by atoms with Crippen LogP contribution in [0.2, 0.25) is 0 Å². The van der Waals surface area contributed by atoms with Crippen molar-refractivity contribution >= 4 is 17.9 Å². The standard InChI is InChI=1S/C46H88O6/c1-5-7-9-11-13-14-15-16-17-18-19-20-21-26-29-33-37-44(47)50-40-43(52-46(49)39-35-31-24-12-10-8-6-2)41-51-45(48)38-34-30-27-23-22-25-28-32-36-42(3)4/h42-43H,5-41H2,1-4H3/t43-/m0/s1. The molecule has 308 valence electrons. The third-order valence-corrected chi connectivity index (χ3v) is 10.3. The van der Waals surface area contributed by atoms with Crippen LogP contribution in [0, 0.1) is 5.92 Å². The van der Waals surface area contributed by atoms with Crippen LogP contribution in [0.3, 0.4) is 0 Å².